The third-order valence-electron chi connectivity index (χ3n) is 22.0. The summed E-state index contributed by atoms with van der Waals surface area (Å²) < 4.78 is 0. The summed E-state index contributed by atoms with van der Waals surface area (Å²) in [4.78, 5) is 320. The molecule has 48 nitrogen and oxygen atoms in total. The number of H-pyrrole nitrogens is 1. The lowest BCUT2D eigenvalue weighted by atomic mass is 10.0. The molecule has 744 valence electrons. The Morgan fingerprint density at radius 2 is 1.08 bits per heavy atom. The number of aliphatic hydroxyl groups excluding tert-OH is 1. The summed E-state index contributed by atoms with van der Waals surface area (Å²) in [5, 5.41) is 73.2. The number of primary amides is 2. The Bertz CT molecular complexity index is 4870. The number of carboxylic acids is 2. The normalized spacial score (nSPS) is 25.9. The Hall–Kier alpha value is -13.0. The zero-order chi connectivity index (χ0) is 100. The molecule has 2 aromatic carbocycles. The molecule has 0 spiro atoms. The highest BCUT2D eigenvalue weighted by Gasteiger charge is 2.42. The highest BCUT2D eigenvalue weighted by molar-refractivity contribution is 7.99. The molecule has 4 saturated heterocycles. The smallest absolute Gasteiger partial charge is 0.326 e. The van der Waals surface area contributed by atoms with Gasteiger partial charge in [0.1, 0.15) is 90.6 Å². The summed E-state index contributed by atoms with van der Waals surface area (Å²) >= 11 is 2.20. The number of aromatic amines is 1. The van der Waals surface area contributed by atoms with Gasteiger partial charge in [-0.2, -0.15) is 35.3 Å². The Labute approximate surface area is 793 Å². The van der Waals surface area contributed by atoms with Gasteiger partial charge in [0.05, 0.1) is 44.3 Å². The monoisotopic (exact) mass is 1960 g/mol. The number of hydrogen-bond donors (Lipinski definition) is 25. The van der Waals surface area contributed by atoms with Crippen LogP contribution in [0.1, 0.15) is 116 Å². The Balaban J connectivity index is 1.40. The van der Waals surface area contributed by atoms with E-state index in [4.69, 9.17) is 22.9 Å². The maximum absolute atomic E-state index is 15.6. The largest absolute Gasteiger partial charge is 0.481 e. The minimum Gasteiger partial charge on any atom is -0.481 e. The standard InChI is InChI=1S/C85H121N23O25S3/c1-41(2)28-53-76(123)95-51-23-27-135-38-59(80(127)93-43(5)69(116)99-54(29-44-14-7-6-8-15-44)71(118)92-35-66(113)108-25-13-19-62(108)83(130)102-53)106-82(129)61-40-136-39-60(105-79(126)58(36-109)103-77(124)55(100-75(51)122)30-45-33-90-48-17-10-9-16-46(45)48)81(128)101-57(32-67(114)115)72(119)91-34-65(112)94-56(31-64(89)111)78(125)96-50(74(121)98-52(85(132)133)18-11-12-24-86)22-26-134-37-47(87)70(117)107-68(42(3)4)84(131)97-49(73(120)104-61)20-21-63(88)110/h6-10,14-17,33,41-42,47,49-62,68,90,109H,5,11-13,18-32,34-40,86-87H2,1-4H3,(H2,88,110)(H2,89,111)(H,91,119)(H,92,118)(H,93,127)(H,94,112)(H,95,123)(H,96,125)(H,97,131)(H,98,121)(H,99,116)(H,100,122)(H,101,128)(H,102,130)(H,103,124)(H,104,120)(H,105,126)(H,106,129)(H,107,117)(H,114,115)(H,132,133)/t47-,49-,50+,51+,52-,53-,54-,55-,56-,57-,58-,59-,60-,61+,62-,68-/m0/s1. The van der Waals surface area contributed by atoms with E-state index in [1.807, 2.05) is 0 Å². The molecule has 0 aliphatic carbocycles. The summed E-state index contributed by atoms with van der Waals surface area (Å²) in [6.07, 6.45) is -3.00. The van der Waals surface area contributed by atoms with Gasteiger partial charge in [-0.3, -0.25) is 101 Å². The summed E-state index contributed by atoms with van der Waals surface area (Å²) in [5.41, 5.74) is 23.8. The van der Waals surface area contributed by atoms with E-state index >= 15 is 38.4 Å². The number of nitrogens with one attached hydrogen (secondary N) is 18. The van der Waals surface area contributed by atoms with Crippen molar-refractivity contribution in [2.24, 2.45) is 34.8 Å². The van der Waals surface area contributed by atoms with Crippen molar-refractivity contribution in [3.05, 3.63) is 84.2 Å². The molecule has 4 fully saturated rings. The number of amides is 20. The quantitative estimate of drug-likeness (QED) is 0.0328. The summed E-state index contributed by atoms with van der Waals surface area (Å²) in [7, 11) is 0. The van der Waals surface area contributed by atoms with E-state index in [0.29, 0.717) is 46.6 Å². The molecular weight excluding hydrogens is 1840 g/mol. The highest BCUT2D eigenvalue weighted by atomic mass is 32.2. The maximum atomic E-state index is 15.6. The fraction of sp³-hybridized carbons (Fsp3) is 0.553. The third-order valence-corrected chi connectivity index (χ3v) is 25.3. The molecule has 4 aliphatic rings. The van der Waals surface area contributed by atoms with Crippen LogP contribution in [0.4, 0.5) is 0 Å². The third kappa shape index (κ3) is 35.0. The molecule has 136 heavy (non-hydrogen) atoms. The van der Waals surface area contributed by atoms with E-state index in [0.717, 1.165) is 23.5 Å². The number of fused-ring (bicyclic) bond motifs is 11. The maximum Gasteiger partial charge on any atom is 0.326 e. The van der Waals surface area contributed by atoms with Gasteiger partial charge in [0, 0.05) is 65.9 Å². The number of unbranched alkanes of at least 4 members (excludes halogenated alkanes) is 1. The molecule has 51 heteroatoms. The minimum atomic E-state index is -2.28. The number of hydrogen-bond acceptors (Lipinski definition) is 28. The Morgan fingerprint density at radius 3 is 1.74 bits per heavy atom. The second kappa shape index (κ2) is 54.5. The number of aromatic nitrogens is 1. The van der Waals surface area contributed by atoms with Crippen LogP contribution in [0.15, 0.2) is 73.1 Å². The molecule has 20 amide bonds. The lowest BCUT2D eigenvalue weighted by molar-refractivity contribution is -0.143. The van der Waals surface area contributed by atoms with Gasteiger partial charge in [-0.25, -0.2) is 4.79 Å². The lowest BCUT2D eigenvalue weighted by Crippen LogP contribution is -2.61. The molecular formula is C85H121N23O25S3. The van der Waals surface area contributed by atoms with Crippen molar-refractivity contribution in [2.45, 2.75) is 214 Å². The zero-order valence-electron chi connectivity index (χ0n) is 75.4. The first-order valence-corrected chi connectivity index (χ1v) is 47.5. The Kier molecular flexibility index (Phi) is 44.1. The van der Waals surface area contributed by atoms with Gasteiger partial charge in [0.2, 0.25) is 112 Å². The number of carboxylic acid groups (broad SMARTS) is 2. The number of nitrogens with two attached hydrogens (primary N) is 4. The minimum absolute atomic E-state index is 0.0227. The summed E-state index contributed by atoms with van der Waals surface area (Å²) in [6, 6.07) is -13.8. The average molecular weight is 1960 g/mol. The van der Waals surface area contributed by atoms with Crippen molar-refractivity contribution in [1.82, 2.24) is 100 Å². The SMILES string of the molecule is C=C1NC(=O)[C@@H]2CSCC[C@@H](NC(=O)[C@H](CC(C)C)NC(=O)[C@@H]3CCCN3C(=O)CNC(=O)[C@H](Cc3ccccc3)NC1=O)C(=O)N[C@@H](Cc1c[nH]c3ccccc13)C(=O)N[C@@H](CO)C(=O)N[C@H]1CSC[C@@H](NC(=O)[C@H](CCC(N)=O)NC(=O)[C@H](C(C)C)NC(=O)[C@@H](N)CSCC[C@H](C(=O)N[C@@H](CCCCN)C(=O)O)NC(=O)[C@H](CC(N)=O)NC(=O)CNC(=O)[C@H](CC(=O)O)NC1=O)C(=O)N2. The molecule has 4 aliphatic heterocycles. The van der Waals surface area contributed by atoms with Gasteiger partial charge >= 0.3 is 11.9 Å². The van der Waals surface area contributed by atoms with E-state index in [1.54, 1.807) is 68.4 Å². The number of carbonyl (C=O) groups is 22. The number of rotatable bonds is 22. The van der Waals surface area contributed by atoms with Crippen molar-refractivity contribution >= 4 is 176 Å². The van der Waals surface area contributed by atoms with E-state index < -0.39 is 320 Å². The number of aliphatic hydroxyl groups is 1. The molecule has 0 radical (unpaired) electrons. The molecule has 3 aromatic rings. The van der Waals surface area contributed by atoms with E-state index in [2.05, 4.69) is 102 Å². The topological polar surface area (TPSA) is 764 Å². The van der Waals surface area contributed by atoms with Gasteiger partial charge < -0.3 is 139 Å². The highest BCUT2D eigenvalue weighted by Crippen LogP contribution is 2.24. The molecule has 1 aromatic heterocycles. The van der Waals surface area contributed by atoms with Crippen LogP contribution < -0.4 is 113 Å². The van der Waals surface area contributed by atoms with Crippen LogP contribution in [0, 0.1) is 11.8 Å². The van der Waals surface area contributed by atoms with Gasteiger partial charge in [-0.1, -0.05) is 82.8 Å². The number of benzene rings is 2. The molecule has 4 bridgehead atoms. The molecule has 29 N–H and O–H groups in total. The van der Waals surface area contributed by atoms with Crippen LogP contribution in [-0.4, -0.2) is 319 Å². The van der Waals surface area contributed by atoms with Crippen molar-refractivity contribution < 1.29 is 121 Å². The van der Waals surface area contributed by atoms with Crippen LogP contribution in [-0.2, 0) is 118 Å². The van der Waals surface area contributed by atoms with Gasteiger partial charge in [-0.05, 0) is 105 Å². The lowest BCUT2D eigenvalue weighted by Gasteiger charge is -2.29. The first-order chi connectivity index (χ1) is 64.5. The molecule has 0 saturated carbocycles. The van der Waals surface area contributed by atoms with Crippen LogP contribution in [0.25, 0.3) is 10.9 Å². The van der Waals surface area contributed by atoms with Crippen LogP contribution in [0.5, 0.6) is 0 Å². The van der Waals surface area contributed by atoms with Crippen LogP contribution in [0.2, 0.25) is 0 Å². The number of nitrogens with zero attached hydrogens (tertiary/aromatic N) is 1. The summed E-state index contributed by atoms with van der Waals surface area (Å²) in [5.74, 6) is -31.1. The van der Waals surface area contributed by atoms with Gasteiger partial charge in [0.15, 0.2) is 0 Å². The fourth-order valence-electron chi connectivity index (χ4n) is 14.6. The van der Waals surface area contributed by atoms with E-state index in [9.17, 15) is 82.4 Å². The fourth-order valence-corrected chi connectivity index (χ4v) is 17.7. The first-order valence-electron chi connectivity index (χ1n) is 44.0. The summed E-state index contributed by atoms with van der Waals surface area (Å²) in [6.45, 7) is 7.05. The van der Waals surface area contributed by atoms with Crippen LogP contribution in [0.3, 0.4) is 0 Å². The van der Waals surface area contributed by atoms with Crippen LogP contribution >= 0.6 is 35.3 Å². The Morgan fingerprint density at radius 1 is 0.529 bits per heavy atom. The number of aliphatic carboxylic acids is 2. The first kappa shape index (κ1) is 110. The second-order valence-electron chi connectivity index (χ2n) is 33.5. The second-order valence-corrected chi connectivity index (χ2v) is 36.9. The van der Waals surface area contributed by atoms with Crippen molar-refractivity contribution in [1.29, 1.82) is 0 Å². The number of thioether (sulfide) groups is 3. The number of para-hydroxylation sites is 1. The molecule has 7 rings (SSSR count). The van der Waals surface area contributed by atoms with E-state index in [-0.39, 0.29) is 68.4 Å². The van der Waals surface area contributed by atoms with E-state index in [1.165, 1.54) is 24.9 Å². The average Bonchev–Trinajstić information content (AvgIpc) is 1.66. The van der Waals surface area contributed by atoms with Crippen molar-refractivity contribution in [3.8, 4) is 0 Å². The molecule has 16 atom stereocenters. The van der Waals surface area contributed by atoms with Crippen molar-refractivity contribution in [3.63, 3.8) is 0 Å². The predicted octanol–water partition coefficient (Wildman–Crippen LogP) is -8.53. The molecule has 0 unspecified atom stereocenters. The van der Waals surface area contributed by atoms with Crippen molar-refractivity contribution in [2.75, 3.05) is 67.3 Å². The van der Waals surface area contributed by atoms with Gasteiger partial charge in [-0.15, -0.1) is 0 Å². The van der Waals surface area contributed by atoms with Gasteiger partial charge in [0.25, 0.3) is 5.91 Å². The number of carbonyl (C=O) groups excluding carboxylic acids is 20. The molecule has 5 heterocycles. The predicted molar refractivity (Wildman–Crippen MR) is 493 cm³/mol. The zero-order valence-corrected chi connectivity index (χ0v) is 77.8.